The zero-order valence-electron chi connectivity index (χ0n) is 15.0. The second kappa shape index (κ2) is 8.06. The summed E-state index contributed by atoms with van der Waals surface area (Å²) in [5.41, 5.74) is 2.75. The number of hydrogen-bond donors (Lipinski definition) is 0. The molecule has 0 saturated carbocycles. The summed E-state index contributed by atoms with van der Waals surface area (Å²) >= 11 is 0. The van der Waals surface area contributed by atoms with Crippen LogP contribution in [0.2, 0.25) is 0 Å². The Bertz CT molecular complexity index is 736. The summed E-state index contributed by atoms with van der Waals surface area (Å²) < 4.78 is 11.6. The highest BCUT2D eigenvalue weighted by molar-refractivity contribution is 5.94. The Morgan fingerprint density at radius 2 is 1.88 bits per heavy atom. The average Bonchev–Trinajstić information content (AvgIpc) is 3.15. The quantitative estimate of drug-likeness (QED) is 0.791. The van der Waals surface area contributed by atoms with Crippen LogP contribution in [0, 0.1) is 6.92 Å². The van der Waals surface area contributed by atoms with Crippen molar-refractivity contribution >= 4 is 5.91 Å². The van der Waals surface area contributed by atoms with Gasteiger partial charge in [0.05, 0.1) is 6.61 Å². The number of ether oxygens (including phenoxy) is 2. The molecule has 0 bridgehead atoms. The van der Waals surface area contributed by atoms with Gasteiger partial charge < -0.3 is 14.4 Å². The van der Waals surface area contributed by atoms with Crippen molar-refractivity contribution in [2.24, 2.45) is 0 Å². The maximum Gasteiger partial charge on any atom is 0.253 e. The third-order valence-electron chi connectivity index (χ3n) is 4.38. The Hall–Kier alpha value is -2.49. The van der Waals surface area contributed by atoms with Crippen LogP contribution in [0.3, 0.4) is 0 Å². The number of carbonyl (C=O) groups is 1. The van der Waals surface area contributed by atoms with Gasteiger partial charge in [-0.1, -0.05) is 12.1 Å². The largest absolute Gasteiger partial charge is 0.493 e. The van der Waals surface area contributed by atoms with Gasteiger partial charge in [-0.05, 0) is 62.6 Å². The Labute approximate surface area is 149 Å². The lowest BCUT2D eigenvalue weighted by Gasteiger charge is -2.17. The second-order valence-corrected chi connectivity index (χ2v) is 6.36. The molecule has 25 heavy (non-hydrogen) atoms. The van der Waals surface area contributed by atoms with Crippen LogP contribution in [0.5, 0.6) is 11.5 Å². The fourth-order valence-electron chi connectivity index (χ4n) is 3.09. The van der Waals surface area contributed by atoms with Crippen molar-refractivity contribution in [1.29, 1.82) is 0 Å². The Kier molecular flexibility index (Phi) is 5.59. The topological polar surface area (TPSA) is 38.8 Å². The van der Waals surface area contributed by atoms with E-state index in [1.165, 1.54) is 0 Å². The normalized spacial score (nSPS) is 13.8. The molecule has 0 radical (unpaired) electrons. The minimum absolute atomic E-state index is 0.0948. The van der Waals surface area contributed by atoms with Crippen LogP contribution < -0.4 is 9.47 Å². The van der Waals surface area contributed by atoms with Crippen molar-refractivity contribution in [3.63, 3.8) is 0 Å². The Morgan fingerprint density at radius 1 is 1.08 bits per heavy atom. The number of aryl methyl sites for hydroxylation is 1. The van der Waals surface area contributed by atoms with Crippen molar-refractivity contribution in [2.45, 2.75) is 33.3 Å². The fraction of sp³-hybridized carbons (Fsp3) is 0.381. The Morgan fingerprint density at radius 3 is 2.60 bits per heavy atom. The highest BCUT2D eigenvalue weighted by Gasteiger charge is 2.20. The Balaban J connectivity index is 1.79. The van der Waals surface area contributed by atoms with E-state index >= 15 is 0 Å². The van der Waals surface area contributed by atoms with Crippen molar-refractivity contribution in [3.8, 4) is 11.5 Å². The smallest absolute Gasteiger partial charge is 0.253 e. The number of likely N-dealkylation sites (tertiary alicyclic amines) is 1. The van der Waals surface area contributed by atoms with Crippen LogP contribution in [0.4, 0.5) is 0 Å². The summed E-state index contributed by atoms with van der Waals surface area (Å²) in [6.45, 7) is 6.64. The molecular weight excluding hydrogens is 314 g/mol. The number of rotatable bonds is 6. The van der Waals surface area contributed by atoms with Crippen molar-refractivity contribution < 1.29 is 14.3 Å². The van der Waals surface area contributed by atoms with Gasteiger partial charge in [-0.2, -0.15) is 0 Å². The van der Waals surface area contributed by atoms with Crippen molar-refractivity contribution in [2.75, 3.05) is 19.7 Å². The summed E-state index contributed by atoms with van der Waals surface area (Å²) in [7, 11) is 0. The zero-order valence-corrected chi connectivity index (χ0v) is 15.0. The lowest BCUT2D eigenvalue weighted by molar-refractivity contribution is 0.0792. The van der Waals surface area contributed by atoms with Gasteiger partial charge in [0.1, 0.15) is 18.1 Å². The molecule has 0 spiro atoms. The number of carbonyl (C=O) groups excluding carboxylic acids is 1. The third-order valence-corrected chi connectivity index (χ3v) is 4.38. The van der Waals surface area contributed by atoms with Gasteiger partial charge >= 0.3 is 0 Å². The molecule has 0 unspecified atom stereocenters. The molecule has 0 aromatic heterocycles. The third kappa shape index (κ3) is 4.32. The van der Waals surface area contributed by atoms with Gasteiger partial charge in [0.25, 0.3) is 5.91 Å². The first-order valence-electron chi connectivity index (χ1n) is 8.92. The van der Waals surface area contributed by atoms with Gasteiger partial charge in [-0.3, -0.25) is 4.79 Å². The summed E-state index contributed by atoms with van der Waals surface area (Å²) in [6, 6.07) is 13.6. The molecule has 0 N–H and O–H groups in total. The molecule has 2 aromatic carbocycles. The number of hydrogen-bond acceptors (Lipinski definition) is 3. The van der Waals surface area contributed by atoms with Crippen LogP contribution in [-0.2, 0) is 6.61 Å². The molecule has 1 amide bonds. The summed E-state index contributed by atoms with van der Waals surface area (Å²) in [4.78, 5) is 14.5. The van der Waals surface area contributed by atoms with E-state index in [9.17, 15) is 4.79 Å². The molecule has 3 rings (SSSR count). The van der Waals surface area contributed by atoms with E-state index in [2.05, 4.69) is 0 Å². The molecule has 1 fully saturated rings. The molecular formula is C21H25NO3. The predicted molar refractivity (Wildman–Crippen MR) is 98.3 cm³/mol. The SMILES string of the molecule is CCOc1ccc(C(=O)N2CCCC2)cc1COc1cccc(C)c1. The van der Waals surface area contributed by atoms with Crippen LogP contribution in [0.25, 0.3) is 0 Å². The molecule has 1 saturated heterocycles. The molecule has 132 valence electrons. The highest BCUT2D eigenvalue weighted by Crippen LogP contribution is 2.24. The number of amides is 1. The van der Waals surface area contributed by atoms with Gasteiger partial charge in [0.15, 0.2) is 0 Å². The monoisotopic (exact) mass is 339 g/mol. The minimum atomic E-state index is 0.0948. The fourth-order valence-corrected chi connectivity index (χ4v) is 3.09. The van der Waals surface area contributed by atoms with Crippen LogP contribution in [-0.4, -0.2) is 30.5 Å². The van der Waals surface area contributed by atoms with Gasteiger partial charge in [0, 0.05) is 24.2 Å². The molecule has 0 aliphatic carbocycles. The van der Waals surface area contributed by atoms with E-state index in [0.717, 1.165) is 48.6 Å². The van der Waals surface area contributed by atoms with E-state index in [4.69, 9.17) is 9.47 Å². The van der Waals surface area contributed by atoms with Crippen LogP contribution in [0.1, 0.15) is 41.3 Å². The molecule has 4 heteroatoms. The second-order valence-electron chi connectivity index (χ2n) is 6.36. The lowest BCUT2D eigenvalue weighted by atomic mass is 10.1. The molecule has 1 aliphatic heterocycles. The van der Waals surface area contributed by atoms with Crippen LogP contribution in [0.15, 0.2) is 42.5 Å². The standard InChI is InChI=1S/C21H25NO3/c1-3-24-20-10-9-17(21(23)22-11-4-5-12-22)14-18(20)15-25-19-8-6-7-16(2)13-19/h6-10,13-14H,3-5,11-12,15H2,1-2H3. The minimum Gasteiger partial charge on any atom is -0.493 e. The van der Waals surface area contributed by atoms with E-state index in [1.807, 2.05) is 61.2 Å². The van der Waals surface area contributed by atoms with E-state index in [1.54, 1.807) is 0 Å². The van der Waals surface area contributed by atoms with E-state index < -0.39 is 0 Å². The molecule has 4 nitrogen and oxygen atoms in total. The highest BCUT2D eigenvalue weighted by atomic mass is 16.5. The first-order chi connectivity index (χ1) is 12.2. The summed E-state index contributed by atoms with van der Waals surface area (Å²) in [6.07, 6.45) is 2.18. The van der Waals surface area contributed by atoms with Gasteiger partial charge in [-0.15, -0.1) is 0 Å². The lowest BCUT2D eigenvalue weighted by Crippen LogP contribution is -2.27. The van der Waals surface area contributed by atoms with E-state index in [-0.39, 0.29) is 5.91 Å². The molecule has 1 heterocycles. The van der Waals surface area contributed by atoms with Gasteiger partial charge in [0.2, 0.25) is 0 Å². The van der Waals surface area contributed by atoms with Crippen molar-refractivity contribution in [1.82, 2.24) is 4.90 Å². The maximum atomic E-state index is 12.6. The molecule has 2 aromatic rings. The van der Waals surface area contributed by atoms with E-state index in [0.29, 0.717) is 18.8 Å². The number of benzene rings is 2. The zero-order chi connectivity index (χ0) is 17.6. The maximum absolute atomic E-state index is 12.6. The summed E-state index contributed by atoms with van der Waals surface area (Å²) in [5, 5.41) is 0. The van der Waals surface area contributed by atoms with Gasteiger partial charge in [-0.25, -0.2) is 0 Å². The molecule has 0 atom stereocenters. The van der Waals surface area contributed by atoms with Crippen molar-refractivity contribution in [3.05, 3.63) is 59.2 Å². The van der Waals surface area contributed by atoms with Crippen LogP contribution >= 0.6 is 0 Å². The number of nitrogens with zero attached hydrogens (tertiary/aromatic N) is 1. The molecule has 1 aliphatic rings. The first-order valence-corrected chi connectivity index (χ1v) is 8.92. The average molecular weight is 339 g/mol. The predicted octanol–water partition coefficient (Wildman–Crippen LogP) is 4.21. The first kappa shape index (κ1) is 17.3. The summed E-state index contributed by atoms with van der Waals surface area (Å²) in [5.74, 6) is 1.68.